The Morgan fingerprint density at radius 2 is 2.00 bits per heavy atom. The molecule has 23 heavy (non-hydrogen) atoms. The van der Waals surface area contributed by atoms with Gasteiger partial charge in [0.25, 0.3) is 5.91 Å². The lowest BCUT2D eigenvalue weighted by molar-refractivity contribution is 0.100. The average Bonchev–Trinajstić information content (AvgIpc) is 2.56. The molecule has 3 aromatic rings. The third-order valence-corrected chi connectivity index (χ3v) is 3.75. The number of amides is 1. The van der Waals surface area contributed by atoms with E-state index >= 15 is 0 Å². The van der Waals surface area contributed by atoms with Crippen molar-refractivity contribution in [3.8, 4) is 5.75 Å². The topological polar surface area (TPSA) is 77.2 Å². The van der Waals surface area contributed by atoms with E-state index in [0.717, 1.165) is 22.2 Å². The van der Waals surface area contributed by atoms with Crippen LogP contribution < -0.4 is 15.8 Å². The number of primary amides is 1. The molecule has 0 aliphatic heterocycles. The molecule has 0 spiro atoms. The maximum Gasteiger partial charge on any atom is 0.252 e. The van der Waals surface area contributed by atoms with E-state index in [0.29, 0.717) is 17.0 Å². The Bertz CT molecular complexity index is 891. The number of fused-ring (bicyclic) bond motifs is 1. The number of hydrogen-bond donors (Lipinski definition) is 2. The van der Waals surface area contributed by atoms with Crippen molar-refractivity contribution in [1.29, 1.82) is 0 Å². The predicted molar refractivity (Wildman–Crippen MR) is 91.3 cm³/mol. The van der Waals surface area contributed by atoms with E-state index in [2.05, 4.69) is 10.3 Å². The van der Waals surface area contributed by atoms with Crippen LogP contribution in [0.15, 0.2) is 48.7 Å². The number of nitrogens with zero attached hydrogens (tertiary/aromatic N) is 1. The molecule has 3 rings (SSSR count). The van der Waals surface area contributed by atoms with Crippen molar-refractivity contribution in [2.45, 2.75) is 6.92 Å². The summed E-state index contributed by atoms with van der Waals surface area (Å²) in [5.41, 5.74) is 9.22. The van der Waals surface area contributed by atoms with Gasteiger partial charge in [-0.2, -0.15) is 0 Å². The molecule has 1 heterocycles. The number of carbonyl (C=O) groups is 1. The Labute approximate surface area is 134 Å². The maximum absolute atomic E-state index is 11.8. The molecule has 0 atom stereocenters. The second-order valence-electron chi connectivity index (χ2n) is 5.23. The fourth-order valence-electron chi connectivity index (χ4n) is 2.47. The van der Waals surface area contributed by atoms with Gasteiger partial charge in [-0.15, -0.1) is 0 Å². The number of hydrogen-bond acceptors (Lipinski definition) is 4. The Balaban J connectivity index is 2.24. The molecule has 0 radical (unpaired) electrons. The second-order valence-corrected chi connectivity index (χ2v) is 5.23. The van der Waals surface area contributed by atoms with Gasteiger partial charge in [-0.3, -0.25) is 9.78 Å². The summed E-state index contributed by atoms with van der Waals surface area (Å²) in [6.07, 6.45) is 1.50. The van der Waals surface area contributed by atoms with Gasteiger partial charge in [-0.25, -0.2) is 0 Å². The largest absolute Gasteiger partial charge is 0.497 e. The summed E-state index contributed by atoms with van der Waals surface area (Å²) in [4.78, 5) is 16.1. The standard InChI is InChI=1S/C18H17N3O2/c1-11-5-3-4-6-15(11)21-17-13-9-12(23-2)7-8-16(13)20-10-14(17)18(19)22/h3-10H,1-2H3,(H2,19,22)(H,20,21). The van der Waals surface area contributed by atoms with Crippen molar-refractivity contribution < 1.29 is 9.53 Å². The van der Waals surface area contributed by atoms with E-state index in [4.69, 9.17) is 10.5 Å². The highest BCUT2D eigenvalue weighted by atomic mass is 16.5. The lowest BCUT2D eigenvalue weighted by Crippen LogP contribution is -2.14. The second kappa shape index (κ2) is 5.96. The molecule has 1 aromatic heterocycles. The number of methoxy groups -OCH3 is 1. The molecule has 3 N–H and O–H groups in total. The molecule has 5 nitrogen and oxygen atoms in total. The van der Waals surface area contributed by atoms with E-state index in [9.17, 15) is 4.79 Å². The molecule has 0 fully saturated rings. The van der Waals surface area contributed by atoms with Crippen molar-refractivity contribution in [3.63, 3.8) is 0 Å². The normalized spacial score (nSPS) is 10.5. The molecule has 0 unspecified atom stereocenters. The molecular weight excluding hydrogens is 290 g/mol. The zero-order valence-corrected chi connectivity index (χ0v) is 13.0. The summed E-state index contributed by atoms with van der Waals surface area (Å²) < 4.78 is 5.28. The van der Waals surface area contributed by atoms with Gasteiger partial charge in [-0.05, 0) is 36.8 Å². The van der Waals surface area contributed by atoms with Crippen LogP contribution in [0.2, 0.25) is 0 Å². The number of anilines is 2. The van der Waals surface area contributed by atoms with Crippen LogP contribution in [0.1, 0.15) is 15.9 Å². The minimum Gasteiger partial charge on any atom is -0.497 e. The van der Waals surface area contributed by atoms with Crippen LogP contribution in [0.4, 0.5) is 11.4 Å². The molecule has 5 heteroatoms. The van der Waals surface area contributed by atoms with Crippen LogP contribution in [0, 0.1) is 6.92 Å². The maximum atomic E-state index is 11.8. The van der Waals surface area contributed by atoms with Gasteiger partial charge in [-0.1, -0.05) is 18.2 Å². The molecule has 0 saturated carbocycles. The summed E-state index contributed by atoms with van der Waals surface area (Å²) in [7, 11) is 1.60. The van der Waals surface area contributed by atoms with Crippen molar-refractivity contribution in [2.75, 3.05) is 12.4 Å². The first kappa shape index (κ1) is 14.8. The lowest BCUT2D eigenvalue weighted by Gasteiger charge is -2.15. The van der Waals surface area contributed by atoms with Gasteiger partial charge in [0.15, 0.2) is 0 Å². The number of para-hydroxylation sites is 1. The zero-order valence-electron chi connectivity index (χ0n) is 13.0. The zero-order chi connectivity index (χ0) is 16.4. The van der Waals surface area contributed by atoms with Crippen molar-refractivity contribution >= 4 is 28.2 Å². The van der Waals surface area contributed by atoms with Crippen molar-refractivity contribution in [3.05, 3.63) is 59.8 Å². The summed E-state index contributed by atoms with van der Waals surface area (Å²) in [6.45, 7) is 2.00. The highest BCUT2D eigenvalue weighted by molar-refractivity contribution is 6.07. The first-order chi connectivity index (χ1) is 11.1. The molecule has 1 amide bonds. The number of aromatic nitrogens is 1. The van der Waals surface area contributed by atoms with E-state index in [-0.39, 0.29) is 0 Å². The minimum absolute atomic E-state index is 0.342. The highest BCUT2D eigenvalue weighted by Crippen LogP contribution is 2.32. The number of benzene rings is 2. The van der Waals surface area contributed by atoms with E-state index in [1.54, 1.807) is 7.11 Å². The van der Waals surface area contributed by atoms with Crippen molar-refractivity contribution in [2.24, 2.45) is 5.73 Å². The Hall–Kier alpha value is -3.08. The summed E-state index contributed by atoms with van der Waals surface area (Å²) in [6, 6.07) is 13.4. The first-order valence-corrected chi connectivity index (χ1v) is 7.19. The minimum atomic E-state index is -0.529. The molecule has 116 valence electrons. The van der Waals surface area contributed by atoms with Crippen LogP contribution in [0.3, 0.4) is 0 Å². The molecule has 0 saturated heterocycles. The third-order valence-electron chi connectivity index (χ3n) is 3.75. The molecule has 2 aromatic carbocycles. The van der Waals surface area contributed by atoms with Gasteiger partial charge >= 0.3 is 0 Å². The Morgan fingerprint density at radius 1 is 1.22 bits per heavy atom. The molecular formula is C18H17N3O2. The number of nitrogens with one attached hydrogen (secondary N) is 1. The summed E-state index contributed by atoms with van der Waals surface area (Å²) in [5, 5.41) is 4.10. The SMILES string of the molecule is COc1ccc2ncc(C(N)=O)c(Nc3ccccc3C)c2c1. The van der Waals surface area contributed by atoms with Crippen LogP contribution in [-0.2, 0) is 0 Å². The predicted octanol–water partition coefficient (Wildman–Crippen LogP) is 3.39. The average molecular weight is 307 g/mol. The van der Waals surface area contributed by atoms with Crippen LogP contribution in [-0.4, -0.2) is 18.0 Å². The fourth-order valence-corrected chi connectivity index (χ4v) is 2.47. The first-order valence-electron chi connectivity index (χ1n) is 7.19. The van der Waals surface area contributed by atoms with Gasteiger partial charge in [0.1, 0.15) is 5.75 Å². The lowest BCUT2D eigenvalue weighted by atomic mass is 10.1. The quantitative estimate of drug-likeness (QED) is 0.774. The van der Waals surface area contributed by atoms with Gasteiger partial charge in [0, 0.05) is 17.3 Å². The fraction of sp³-hybridized carbons (Fsp3) is 0.111. The number of carbonyl (C=O) groups excluding carboxylic acids is 1. The number of rotatable bonds is 4. The number of nitrogens with two attached hydrogens (primary N) is 1. The number of ether oxygens (including phenoxy) is 1. The van der Waals surface area contributed by atoms with Gasteiger partial charge in [0.2, 0.25) is 0 Å². The molecule has 0 aliphatic rings. The van der Waals surface area contributed by atoms with Gasteiger partial charge in [0.05, 0.1) is 23.9 Å². The summed E-state index contributed by atoms with van der Waals surface area (Å²) >= 11 is 0. The number of pyridine rings is 1. The van der Waals surface area contributed by atoms with Crippen molar-refractivity contribution in [1.82, 2.24) is 4.98 Å². The smallest absolute Gasteiger partial charge is 0.252 e. The van der Waals surface area contributed by atoms with E-state index in [1.807, 2.05) is 49.4 Å². The highest BCUT2D eigenvalue weighted by Gasteiger charge is 2.14. The third kappa shape index (κ3) is 2.81. The van der Waals surface area contributed by atoms with Crippen LogP contribution in [0.25, 0.3) is 10.9 Å². The van der Waals surface area contributed by atoms with Crippen LogP contribution >= 0.6 is 0 Å². The summed E-state index contributed by atoms with van der Waals surface area (Å²) in [5.74, 6) is 0.159. The Kier molecular flexibility index (Phi) is 3.85. The molecule has 0 bridgehead atoms. The monoisotopic (exact) mass is 307 g/mol. The number of aryl methyl sites for hydroxylation is 1. The van der Waals surface area contributed by atoms with Crippen LogP contribution in [0.5, 0.6) is 5.75 Å². The molecule has 0 aliphatic carbocycles. The van der Waals surface area contributed by atoms with E-state index < -0.39 is 5.91 Å². The van der Waals surface area contributed by atoms with Gasteiger partial charge < -0.3 is 15.8 Å². The Morgan fingerprint density at radius 3 is 2.70 bits per heavy atom. The van der Waals surface area contributed by atoms with E-state index in [1.165, 1.54) is 6.20 Å².